The predicted molar refractivity (Wildman–Crippen MR) is 66.3 cm³/mol. The highest BCUT2D eigenvalue weighted by Gasteiger charge is 2.41. The molecule has 0 fully saturated rings. The molecule has 0 N–H and O–H groups in total. The number of alkyl halides is 1. The molecule has 0 spiro atoms. The van der Waals surface area contributed by atoms with E-state index in [2.05, 4.69) is 0 Å². The minimum atomic E-state index is -3.64. The van der Waals surface area contributed by atoms with Crippen molar-refractivity contribution in [3.63, 3.8) is 0 Å². The highest BCUT2D eigenvalue weighted by atomic mass is 35.5. The number of hydrogen-bond acceptors (Lipinski definition) is 5. The Hall–Kier alpha value is -0.0900. The number of hydrogen-bond donors (Lipinski definition) is 0. The first-order valence-corrected chi connectivity index (χ1v) is 7.69. The summed E-state index contributed by atoms with van der Waals surface area (Å²) in [6, 6.07) is 0. The molecule has 0 saturated carbocycles. The first-order valence-electron chi connectivity index (χ1n) is 5.64. The Balaban J connectivity index is 4.66. The van der Waals surface area contributed by atoms with Gasteiger partial charge in [0.15, 0.2) is 0 Å². The summed E-state index contributed by atoms with van der Waals surface area (Å²) >= 11 is 5.81. The number of carbonyl (C=O) groups excluding carboxylic acids is 1. The number of ether oxygens (including phenoxy) is 1. The normalized spacial score (nSPS) is 15.4. The van der Waals surface area contributed by atoms with E-state index >= 15 is 0 Å². The molecule has 7 heteroatoms. The van der Waals surface area contributed by atoms with Crippen LogP contribution in [-0.2, 0) is 23.1 Å². The molecule has 0 aromatic rings. The van der Waals surface area contributed by atoms with Crippen molar-refractivity contribution < 1.29 is 23.1 Å². The Bertz CT molecular complexity index is 274. The summed E-state index contributed by atoms with van der Waals surface area (Å²) in [6.07, 6.45) is 0.378. The van der Waals surface area contributed by atoms with Crippen LogP contribution in [0.25, 0.3) is 0 Å². The molecular formula is C10H20ClO5P. The van der Waals surface area contributed by atoms with Gasteiger partial charge in [-0.25, -0.2) is 4.79 Å². The van der Waals surface area contributed by atoms with Gasteiger partial charge >= 0.3 is 13.6 Å². The van der Waals surface area contributed by atoms with Crippen molar-refractivity contribution >= 4 is 25.2 Å². The monoisotopic (exact) mass is 286 g/mol. The SMILES string of the molecule is CCOP(=O)(OCC)C(Cl)C(=O)OC(C)CC. The Morgan fingerprint density at radius 3 is 2.06 bits per heavy atom. The van der Waals surface area contributed by atoms with Crippen molar-refractivity contribution in [2.45, 2.75) is 45.3 Å². The van der Waals surface area contributed by atoms with Gasteiger partial charge in [-0.1, -0.05) is 18.5 Å². The molecule has 0 aromatic heterocycles. The third-order valence-corrected chi connectivity index (χ3v) is 4.88. The Kier molecular flexibility index (Phi) is 8.05. The quantitative estimate of drug-likeness (QED) is 0.390. The lowest BCUT2D eigenvalue weighted by atomic mass is 10.3. The molecule has 2 unspecified atom stereocenters. The van der Waals surface area contributed by atoms with E-state index in [1.165, 1.54) is 0 Å². The summed E-state index contributed by atoms with van der Waals surface area (Å²) in [5.41, 5.74) is 0. The molecule has 0 bridgehead atoms. The molecule has 0 amide bonds. The Labute approximate surface area is 107 Å². The molecule has 5 nitrogen and oxygen atoms in total. The van der Waals surface area contributed by atoms with Gasteiger partial charge in [-0.05, 0) is 27.2 Å². The van der Waals surface area contributed by atoms with E-state index in [-0.39, 0.29) is 19.3 Å². The molecular weight excluding hydrogens is 267 g/mol. The fourth-order valence-electron chi connectivity index (χ4n) is 0.995. The van der Waals surface area contributed by atoms with Gasteiger partial charge in [0.2, 0.25) is 5.12 Å². The van der Waals surface area contributed by atoms with Crippen molar-refractivity contribution in [1.29, 1.82) is 0 Å². The molecule has 0 rings (SSSR count). The zero-order valence-electron chi connectivity index (χ0n) is 10.6. The molecule has 0 saturated heterocycles. The standard InChI is InChI=1S/C10H20ClO5P/c1-5-8(4)16-10(12)9(11)17(13,14-6-2)15-7-3/h8-9H,5-7H2,1-4H3. The predicted octanol–water partition coefficient (Wildman–Crippen LogP) is 3.16. The average molecular weight is 287 g/mol. The lowest BCUT2D eigenvalue weighted by molar-refractivity contribution is -0.146. The van der Waals surface area contributed by atoms with Gasteiger partial charge in [-0.3, -0.25) is 4.57 Å². The number of halogens is 1. The number of carbonyl (C=O) groups is 1. The topological polar surface area (TPSA) is 61.8 Å². The maximum absolute atomic E-state index is 12.1. The molecule has 0 aromatic carbocycles. The van der Waals surface area contributed by atoms with Crippen LogP contribution in [0.1, 0.15) is 34.1 Å². The molecule has 0 aliphatic rings. The van der Waals surface area contributed by atoms with Crippen LogP contribution in [0, 0.1) is 0 Å². The van der Waals surface area contributed by atoms with Gasteiger partial charge in [0.05, 0.1) is 19.3 Å². The van der Waals surface area contributed by atoms with Crippen LogP contribution in [0.5, 0.6) is 0 Å². The summed E-state index contributed by atoms with van der Waals surface area (Å²) in [4.78, 5) is 11.6. The molecule has 2 atom stereocenters. The molecule has 17 heavy (non-hydrogen) atoms. The van der Waals surface area contributed by atoms with E-state index in [9.17, 15) is 9.36 Å². The summed E-state index contributed by atoms with van der Waals surface area (Å²) in [5.74, 6) is -0.772. The summed E-state index contributed by atoms with van der Waals surface area (Å²) < 4.78 is 27.1. The van der Waals surface area contributed by atoms with Crippen molar-refractivity contribution in [1.82, 2.24) is 0 Å². The highest BCUT2D eigenvalue weighted by Crippen LogP contribution is 2.55. The van der Waals surface area contributed by atoms with Gasteiger partial charge in [0.25, 0.3) is 0 Å². The molecule has 0 radical (unpaired) electrons. The van der Waals surface area contributed by atoms with Crippen molar-refractivity contribution in [2.24, 2.45) is 0 Å². The van der Waals surface area contributed by atoms with E-state index in [0.29, 0.717) is 6.42 Å². The van der Waals surface area contributed by atoms with E-state index < -0.39 is 18.7 Å². The smallest absolute Gasteiger partial charge is 0.359 e. The Morgan fingerprint density at radius 1 is 1.24 bits per heavy atom. The zero-order chi connectivity index (χ0) is 13.5. The lowest BCUT2D eigenvalue weighted by Crippen LogP contribution is -2.24. The van der Waals surface area contributed by atoms with E-state index in [1.54, 1.807) is 20.8 Å². The van der Waals surface area contributed by atoms with E-state index in [0.717, 1.165) is 0 Å². The maximum Gasteiger partial charge on any atom is 0.359 e. The third kappa shape index (κ3) is 5.38. The molecule has 0 aliphatic carbocycles. The first kappa shape index (κ1) is 16.9. The van der Waals surface area contributed by atoms with Gasteiger partial charge in [0, 0.05) is 0 Å². The largest absolute Gasteiger partial charge is 0.461 e. The van der Waals surface area contributed by atoms with Gasteiger partial charge in [-0.15, -0.1) is 0 Å². The van der Waals surface area contributed by atoms with Crippen LogP contribution < -0.4 is 0 Å². The fraction of sp³-hybridized carbons (Fsp3) is 0.900. The van der Waals surface area contributed by atoms with Crippen LogP contribution >= 0.6 is 19.2 Å². The lowest BCUT2D eigenvalue weighted by Gasteiger charge is -2.21. The minimum Gasteiger partial charge on any atom is -0.461 e. The van der Waals surface area contributed by atoms with Crippen LogP contribution in [0.15, 0.2) is 0 Å². The fourth-order valence-corrected chi connectivity index (χ4v) is 2.76. The molecule has 0 aliphatic heterocycles. The second-order valence-corrected chi connectivity index (χ2v) is 6.22. The van der Waals surface area contributed by atoms with Crippen LogP contribution in [-0.4, -0.2) is 30.4 Å². The summed E-state index contributed by atoms with van der Waals surface area (Å²) in [7, 11) is -3.64. The molecule has 0 heterocycles. The molecule has 102 valence electrons. The van der Waals surface area contributed by atoms with Gasteiger partial charge < -0.3 is 13.8 Å². The number of esters is 1. The van der Waals surface area contributed by atoms with Crippen LogP contribution in [0.3, 0.4) is 0 Å². The minimum absolute atomic E-state index is 0.150. The second-order valence-electron chi connectivity index (χ2n) is 3.37. The van der Waals surface area contributed by atoms with Crippen LogP contribution in [0.4, 0.5) is 0 Å². The van der Waals surface area contributed by atoms with Crippen molar-refractivity contribution in [3.8, 4) is 0 Å². The van der Waals surface area contributed by atoms with Crippen molar-refractivity contribution in [3.05, 3.63) is 0 Å². The Morgan fingerprint density at radius 2 is 1.71 bits per heavy atom. The van der Waals surface area contributed by atoms with Crippen LogP contribution in [0.2, 0.25) is 0 Å². The highest BCUT2D eigenvalue weighted by molar-refractivity contribution is 7.57. The van der Waals surface area contributed by atoms with Crippen molar-refractivity contribution in [2.75, 3.05) is 13.2 Å². The third-order valence-electron chi connectivity index (χ3n) is 1.98. The van der Waals surface area contributed by atoms with E-state index in [1.807, 2.05) is 6.92 Å². The second kappa shape index (κ2) is 8.09. The number of rotatable bonds is 8. The average Bonchev–Trinajstić information content (AvgIpc) is 2.28. The summed E-state index contributed by atoms with van der Waals surface area (Å²) in [5, 5.41) is -1.42. The van der Waals surface area contributed by atoms with Gasteiger partial charge in [0.1, 0.15) is 0 Å². The van der Waals surface area contributed by atoms with E-state index in [4.69, 9.17) is 25.4 Å². The maximum atomic E-state index is 12.1. The van der Waals surface area contributed by atoms with Gasteiger partial charge in [-0.2, -0.15) is 0 Å². The summed E-state index contributed by atoms with van der Waals surface area (Å²) in [6.45, 7) is 7.19. The zero-order valence-corrected chi connectivity index (χ0v) is 12.3. The first-order chi connectivity index (χ1) is 7.91.